The van der Waals surface area contributed by atoms with E-state index in [-0.39, 0.29) is 0 Å². The number of aromatic nitrogens is 1. The minimum atomic E-state index is 0.359. The molecule has 0 saturated heterocycles. The second kappa shape index (κ2) is 5.49. The summed E-state index contributed by atoms with van der Waals surface area (Å²) in [6, 6.07) is 9.24. The summed E-state index contributed by atoms with van der Waals surface area (Å²) in [5.41, 5.74) is 6.37. The summed E-state index contributed by atoms with van der Waals surface area (Å²) in [6.07, 6.45) is 1.54. The Labute approximate surface area is 113 Å². The zero-order chi connectivity index (χ0) is 12.3. The van der Waals surface area contributed by atoms with Gasteiger partial charge in [-0.1, -0.05) is 27.5 Å². The predicted molar refractivity (Wildman–Crippen MR) is 71.4 cm³/mol. The number of pyridine rings is 1. The highest BCUT2D eigenvalue weighted by Gasteiger charge is 2.03. The lowest BCUT2D eigenvalue weighted by molar-refractivity contribution is 0.462. The SMILES string of the molecule is NCc1cc(Oc2ccc(Br)cc2)ncc1Cl. The minimum absolute atomic E-state index is 0.359. The number of nitrogens with two attached hydrogens (primary N) is 1. The van der Waals surface area contributed by atoms with Crippen molar-refractivity contribution < 1.29 is 4.74 Å². The monoisotopic (exact) mass is 312 g/mol. The summed E-state index contributed by atoms with van der Waals surface area (Å²) in [5.74, 6) is 1.20. The second-order valence-corrected chi connectivity index (χ2v) is 4.70. The highest BCUT2D eigenvalue weighted by Crippen LogP contribution is 2.24. The maximum Gasteiger partial charge on any atom is 0.219 e. The van der Waals surface area contributed by atoms with E-state index >= 15 is 0 Å². The van der Waals surface area contributed by atoms with Crippen LogP contribution in [0, 0.1) is 0 Å². The fourth-order valence-corrected chi connectivity index (χ4v) is 1.74. The quantitative estimate of drug-likeness (QED) is 0.939. The van der Waals surface area contributed by atoms with Crippen LogP contribution in [0.5, 0.6) is 11.6 Å². The number of ether oxygens (including phenoxy) is 1. The van der Waals surface area contributed by atoms with Crippen LogP contribution in [0.25, 0.3) is 0 Å². The van der Waals surface area contributed by atoms with E-state index in [1.807, 2.05) is 24.3 Å². The Hall–Kier alpha value is -1.10. The van der Waals surface area contributed by atoms with Crippen molar-refractivity contribution >= 4 is 27.5 Å². The van der Waals surface area contributed by atoms with Crippen LogP contribution < -0.4 is 10.5 Å². The van der Waals surface area contributed by atoms with E-state index in [2.05, 4.69) is 20.9 Å². The van der Waals surface area contributed by atoms with Crippen molar-refractivity contribution in [1.29, 1.82) is 0 Å². The molecule has 3 nitrogen and oxygen atoms in total. The summed E-state index contributed by atoms with van der Waals surface area (Å²) < 4.78 is 6.58. The van der Waals surface area contributed by atoms with Gasteiger partial charge in [0.15, 0.2) is 0 Å². The lowest BCUT2D eigenvalue weighted by Crippen LogP contribution is -1.99. The summed E-state index contributed by atoms with van der Waals surface area (Å²) in [4.78, 5) is 4.08. The third-order valence-corrected chi connectivity index (χ3v) is 3.03. The van der Waals surface area contributed by atoms with Gasteiger partial charge in [-0.3, -0.25) is 0 Å². The standard InChI is InChI=1S/C12H10BrClN2O/c13-9-1-3-10(4-2-9)17-12-5-8(6-15)11(14)7-16-12/h1-5,7H,6,15H2. The van der Waals surface area contributed by atoms with Crippen molar-refractivity contribution in [2.75, 3.05) is 0 Å². The Kier molecular flexibility index (Phi) is 3.99. The molecule has 2 N–H and O–H groups in total. The van der Waals surface area contributed by atoms with Gasteiger partial charge in [-0.15, -0.1) is 0 Å². The van der Waals surface area contributed by atoms with Crippen molar-refractivity contribution in [1.82, 2.24) is 4.98 Å². The Morgan fingerprint density at radius 1 is 1.29 bits per heavy atom. The number of hydrogen-bond acceptors (Lipinski definition) is 3. The van der Waals surface area contributed by atoms with Crippen molar-refractivity contribution in [2.24, 2.45) is 5.73 Å². The molecule has 0 unspecified atom stereocenters. The molecule has 0 aliphatic rings. The molecule has 0 saturated carbocycles. The molecule has 0 aliphatic heterocycles. The number of benzene rings is 1. The fraction of sp³-hybridized carbons (Fsp3) is 0.0833. The minimum Gasteiger partial charge on any atom is -0.439 e. The van der Waals surface area contributed by atoms with Crippen LogP contribution in [0.1, 0.15) is 5.56 Å². The summed E-state index contributed by atoms with van der Waals surface area (Å²) in [5, 5.41) is 0.552. The first kappa shape index (κ1) is 12.4. The zero-order valence-corrected chi connectivity index (χ0v) is 11.2. The van der Waals surface area contributed by atoms with Gasteiger partial charge in [0.1, 0.15) is 5.75 Å². The molecule has 1 aromatic carbocycles. The highest BCUT2D eigenvalue weighted by atomic mass is 79.9. The maximum absolute atomic E-state index is 5.92. The molecular weight excluding hydrogens is 304 g/mol. The fourth-order valence-electron chi connectivity index (χ4n) is 1.29. The molecule has 0 amide bonds. The number of hydrogen-bond donors (Lipinski definition) is 1. The molecule has 0 bridgehead atoms. The molecule has 0 aliphatic carbocycles. The van der Waals surface area contributed by atoms with Crippen molar-refractivity contribution in [3.8, 4) is 11.6 Å². The van der Waals surface area contributed by atoms with Crippen LogP contribution in [0.15, 0.2) is 41.0 Å². The second-order valence-electron chi connectivity index (χ2n) is 3.37. The molecule has 2 aromatic rings. The molecular formula is C12H10BrClN2O. The van der Waals surface area contributed by atoms with Crippen LogP contribution in [-0.4, -0.2) is 4.98 Å². The van der Waals surface area contributed by atoms with Crippen molar-refractivity contribution in [3.63, 3.8) is 0 Å². The summed E-state index contributed by atoms with van der Waals surface area (Å²) in [6.45, 7) is 0.359. The van der Waals surface area contributed by atoms with Gasteiger partial charge < -0.3 is 10.5 Å². The van der Waals surface area contributed by atoms with Gasteiger partial charge >= 0.3 is 0 Å². The van der Waals surface area contributed by atoms with Crippen LogP contribution in [-0.2, 0) is 6.54 Å². The Bertz CT molecular complexity index is 516. The molecule has 0 radical (unpaired) electrons. The first-order valence-corrected chi connectivity index (χ1v) is 6.14. The van der Waals surface area contributed by atoms with Crippen molar-refractivity contribution in [2.45, 2.75) is 6.54 Å². The Morgan fingerprint density at radius 2 is 2.00 bits per heavy atom. The van der Waals surface area contributed by atoms with Crippen LogP contribution in [0.3, 0.4) is 0 Å². The van der Waals surface area contributed by atoms with Gasteiger partial charge in [0, 0.05) is 23.3 Å². The Morgan fingerprint density at radius 3 is 2.65 bits per heavy atom. The number of nitrogens with zero attached hydrogens (tertiary/aromatic N) is 1. The summed E-state index contributed by atoms with van der Waals surface area (Å²) >= 11 is 9.27. The smallest absolute Gasteiger partial charge is 0.219 e. The van der Waals surface area contributed by atoms with Gasteiger partial charge in [0.2, 0.25) is 5.88 Å². The lowest BCUT2D eigenvalue weighted by atomic mass is 10.2. The first-order chi connectivity index (χ1) is 8.19. The van der Waals surface area contributed by atoms with Gasteiger partial charge in [-0.05, 0) is 29.8 Å². The topological polar surface area (TPSA) is 48.1 Å². The third kappa shape index (κ3) is 3.19. The van der Waals surface area contributed by atoms with E-state index in [9.17, 15) is 0 Å². The van der Waals surface area contributed by atoms with Gasteiger partial charge in [0.05, 0.1) is 5.02 Å². The van der Waals surface area contributed by atoms with Crippen LogP contribution in [0.4, 0.5) is 0 Å². The van der Waals surface area contributed by atoms with E-state index in [1.165, 1.54) is 6.20 Å². The van der Waals surface area contributed by atoms with Gasteiger partial charge in [-0.2, -0.15) is 0 Å². The van der Waals surface area contributed by atoms with Crippen LogP contribution >= 0.6 is 27.5 Å². The number of rotatable bonds is 3. The molecule has 1 aromatic heterocycles. The molecule has 0 atom stereocenters. The predicted octanol–water partition coefficient (Wildman–Crippen LogP) is 3.75. The van der Waals surface area contributed by atoms with E-state index in [0.717, 1.165) is 10.0 Å². The molecule has 0 fully saturated rings. The Balaban J connectivity index is 2.21. The van der Waals surface area contributed by atoms with E-state index < -0.39 is 0 Å². The van der Waals surface area contributed by atoms with Crippen LogP contribution in [0.2, 0.25) is 5.02 Å². The number of halogens is 2. The average molecular weight is 314 g/mol. The lowest BCUT2D eigenvalue weighted by Gasteiger charge is -2.07. The van der Waals surface area contributed by atoms with E-state index in [1.54, 1.807) is 6.07 Å². The van der Waals surface area contributed by atoms with Gasteiger partial charge in [0.25, 0.3) is 0 Å². The zero-order valence-electron chi connectivity index (χ0n) is 8.86. The molecule has 0 spiro atoms. The van der Waals surface area contributed by atoms with Gasteiger partial charge in [-0.25, -0.2) is 4.98 Å². The first-order valence-electron chi connectivity index (χ1n) is 4.97. The van der Waals surface area contributed by atoms with Crippen molar-refractivity contribution in [3.05, 3.63) is 51.6 Å². The molecule has 2 rings (SSSR count). The maximum atomic E-state index is 5.92. The third-order valence-electron chi connectivity index (χ3n) is 2.17. The normalized spacial score (nSPS) is 10.3. The van der Waals surface area contributed by atoms with E-state index in [4.69, 9.17) is 22.1 Å². The van der Waals surface area contributed by atoms with E-state index in [0.29, 0.717) is 23.2 Å². The largest absolute Gasteiger partial charge is 0.439 e. The molecule has 88 valence electrons. The molecule has 1 heterocycles. The average Bonchev–Trinajstić information content (AvgIpc) is 2.34. The highest BCUT2D eigenvalue weighted by molar-refractivity contribution is 9.10. The molecule has 5 heteroatoms. The molecule has 17 heavy (non-hydrogen) atoms. The summed E-state index contributed by atoms with van der Waals surface area (Å²) in [7, 11) is 0.